The van der Waals surface area contributed by atoms with Crippen LogP contribution in [-0.4, -0.2) is 12.5 Å². The van der Waals surface area contributed by atoms with Gasteiger partial charge in [0, 0.05) is 0 Å². The molecule has 0 unspecified atom stereocenters. The molecular weight excluding hydrogens is 408 g/mol. The molecule has 3 aromatic heterocycles. The minimum absolute atomic E-state index is 0.0516. The molecule has 2 bridgehead atoms. The maximum atomic E-state index is 13.6. The summed E-state index contributed by atoms with van der Waals surface area (Å²) in [6, 6.07) is 13.3. The van der Waals surface area contributed by atoms with Crippen molar-refractivity contribution in [3.8, 4) is 11.4 Å². The third-order valence-electron chi connectivity index (χ3n) is 4.66. The summed E-state index contributed by atoms with van der Waals surface area (Å²) < 4.78 is 36.8. The maximum Gasteiger partial charge on any atom is 0.303 e. The lowest BCUT2D eigenvalue weighted by atomic mass is 10.1. The van der Waals surface area contributed by atoms with E-state index in [1.807, 2.05) is 24.3 Å². The predicted molar refractivity (Wildman–Crippen MR) is 116 cm³/mol. The van der Waals surface area contributed by atoms with Crippen molar-refractivity contribution in [1.29, 1.82) is 0 Å². The molecule has 0 N–H and O–H groups in total. The van der Waals surface area contributed by atoms with E-state index < -0.39 is 15.6 Å². The lowest BCUT2D eigenvalue weighted by Gasteiger charge is -2.36. The van der Waals surface area contributed by atoms with Crippen LogP contribution in [0.25, 0.3) is 11.4 Å². The van der Waals surface area contributed by atoms with Crippen LogP contribution in [0.5, 0.6) is 0 Å². The Morgan fingerprint density at radius 2 is 1.17 bits per heavy atom. The van der Waals surface area contributed by atoms with Crippen molar-refractivity contribution in [1.82, 2.24) is 12.5 Å². The first-order valence-electron chi connectivity index (χ1n) is 9.63. The van der Waals surface area contributed by atoms with E-state index in [9.17, 15) is 8.78 Å². The summed E-state index contributed by atoms with van der Waals surface area (Å²) >= 11 is 0. The highest BCUT2D eigenvalue weighted by Gasteiger charge is 2.41. The van der Waals surface area contributed by atoms with Crippen LogP contribution in [0, 0.1) is 11.6 Å². The minimum atomic E-state index is -0.789. The number of hydrogen-bond donors (Lipinski definition) is 0. The maximum absolute atomic E-state index is 13.6. The van der Waals surface area contributed by atoms with E-state index >= 15 is 0 Å². The molecule has 0 saturated carbocycles. The van der Waals surface area contributed by atoms with Gasteiger partial charge >= 0.3 is 15.6 Å². The molecule has 5 aromatic rings. The fourth-order valence-electron chi connectivity index (χ4n) is 3.43. The summed E-state index contributed by atoms with van der Waals surface area (Å²) in [6.45, 7) is 13.4. The SMILES string of the molecule is CC(C)(C)n1p2n(-c3ccc(F)cc3)c[n+](-c3ccc(F)cc3)p1n2C(C)(C)C. The number of benzene rings is 2. The van der Waals surface area contributed by atoms with E-state index in [0.29, 0.717) is 0 Å². The Kier molecular flexibility index (Phi) is 4.72. The fourth-order valence-corrected chi connectivity index (χ4v) is 10.4. The highest BCUT2D eigenvalue weighted by molar-refractivity contribution is 7.56. The lowest BCUT2D eigenvalue weighted by Crippen LogP contribution is -2.43. The van der Waals surface area contributed by atoms with Gasteiger partial charge in [-0.25, -0.2) is 8.78 Å². The molecule has 154 valence electrons. The van der Waals surface area contributed by atoms with Crippen molar-refractivity contribution >= 4 is 15.6 Å². The van der Waals surface area contributed by atoms with Crippen LogP contribution >= 0.6 is 15.6 Å². The van der Waals surface area contributed by atoms with E-state index in [2.05, 4.69) is 64.7 Å². The monoisotopic (exact) mass is 435 g/mol. The molecule has 0 fully saturated rings. The number of aromatic nitrogens is 4. The molecule has 5 rings (SSSR count). The molecule has 0 spiro atoms. The second-order valence-electron chi connectivity index (χ2n) is 9.21. The number of nitrogens with zero attached hydrogens (tertiary/aromatic N) is 4. The molecule has 8 heteroatoms. The van der Waals surface area contributed by atoms with Crippen LogP contribution in [0.15, 0.2) is 54.9 Å². The number of rotatable bonds is 2. The van der Waals surface area contributed by atoms with Gasteiger partial charge in [0.2, 0.25) is 0 Å². The average Bonchev–Trinajstić information content (AvgIpc) is 2.59. The smallest absolute Gasteiger partial charge is 0.207 e. The largest absolute Gasteiger partial charge is 0.303 e. The molecule has 3 heterocycles. The summed E-state index contributed by atoms with van der Waals surface area (Å²) in [6.07, 6.45) is 2.11. The summed E-state index contributed by atoms with van der Waals surface area (Å²) in [5.74, 6) is -0.490. The Hall–Kier alpha value is -2.03. The van der Waals surface area contributed by atoms with Gasteiger partial charge in [0.25, 0.3) is 0 Å². The van der Waals surface area contributed by atoms with Crippen LogP contribution in [0.2, 0.25) is 0 Å². The van der Waals surface area contributed by atoms with Gasteiger partial charge in [0.1, 0.15) is 11.6 Å². The van der Waals surface area contributed by atoms with Crippen molar-refractivity contribution < 1.29 is 13.1 Å². The molecule has 0 atom stereocenters. The van der Waals surface area contributed by atoms with Gasteiger partial charge in [-0.1, -0.05) is 0 Å². The second-order valence-corrected chi connectivity index (χ2v) is 13.4. The highest BCUT2D eigenvalue weighted by atomic mass is 31.2. The Bertz CT molecular complexity index is 1060. The zero-order valence-electron chi connectivity index (χ0n) is 17.6. The Balaban J connectivity index is 2.12. The van der Waals surface area contributed by atoms with E-state index in [4.69, 9.17) is 0 Å². The quantitative estimate of drug-likeness (QED) is 0.346. The van der Waals surface area contributed by atoms with E-state index in [0.717, 1.165) is 11.4 Å². The molecular formula is C21H27F2N4P2+. The van der Waals surface area contributed by atoms with Gasteiger partial charge in [0.05, 0.1) is 22.5 Å². The molecule has 0 amide bonds. The number of fused-ring (bicyclic) bond motifs is 2. The van der Waals surface area contributed by atoms with Crippen molar-refractivity contribution in [2.75, 3.05) is 0 Å². The lowest BCUT2D eigenvalue weighted by molar-refractivity contribution is -0.529. The highest BCUT2D eigenvalue weighted by Crippen LogP contribution is 2.51. The van der Waals surface area contributed by atoms with Gasteiger partial charge in [-0.15, -0.1) is 0 Å². The molecule has 0 saturated heterocycles. The van der Waals surface area contributed by atoms with Crippen molar-refractivity contribution in [2.24, 2.45) is 0 Å². The molecule has 0 aliphatic carbocycles. The van der Waals surface area contributed by atoms with Crippen LogP contribution in [0.3, 0.4) is 0 Å². The molecule has 0 radical (unpaired) electrons. The van der Waals surface area contributed by atoms with Gasteiger partial charge in [-0.05, 0) is 90.1 Å². The molecule has 0 aliphatic rings. The second kappa shape index (κ2) is 6.75. The van der Waals surface area contributed by atoms with Crippen LogP contribution in [-0.2, 0) is 11.1 Å². The van der Waals surface area contributed by atoms with Crippen molar-refractivity contribution in [3.05, 3.63) is 66.5 Å². The third-order valence-corrected chi connectivity index (χ3v) is 11.8. The van der Waals surface area contributed by atoms with E-state index in [1.54, 1.807) is 0 Å². The summed E-state index contributed by atoms with van der Waals surface area (Å²) in [5, 5.41) is 0. The minimum Gasteiger partial charge on any atom is -0.207 e. The van der Waals surface area contributed by atoms with Crippen LogP contribution in [0.1, 0.15) is 41.5 Å². The van der Waals surface area contributed by atoms with Crippen molar-refractivity contribution in [2.45, 2.75) is 52.6 Å². The van der Waals surface area contributed by atoms with E-state index in [-0.39, 0.29) is 22.7 Å². The molecule has 2 aromatic carbocycles. The third kappa shape index (κ3) is 3.43. The Morgan fingerprint density at radius 3 is 1.62 bits per heavy atom. The van der Waals surface area contributed by atoms with Crippen molar-refractivity contribution in [3.63, 3.8) is 0 Å². The first-order chi connectivity index (χ1) is 13.5. The number of halogens is 2. The topological polar surface area (TPSA) is 18.7 Å². The summed E-state index contributed by atoms with van der Waals surface area (Å²) in [5.41, 5.74) is 1.79. The average molecular weight is 435 g/mol. The zero-order chi connectivity index (χ0) is 21.1. The number of hydrogen-bond acceptors (Lipinski definition) is 0. The Labute approximate surface area is 172 Å². The Morgan fingerprint density at radius 1 is 0.724 bits per heavy atom. The normalized spacial score (nSPS) is 14.1. The predicted octanol–water partition coefficient (Wildman–Crippen LogP) is 6.43. The molecule has 4 nitrogen and oxygen atoms in total. The van der Waals surface area contributed by atoms with Gasteiger partial charge in [-0.3, -0.25) is 0 Å². The standard InChI is InChI=1S/C21H27F2N4P2/c1-20(2,3)26-28-24(18-11-7-16(22)8-12-18)15-25(19-13-9-17(23)10-14-19)29(26)27(28)21(4,5)6/h7-15H,1-6H3/q+1. The fraction of sp³-hybridized carbons (Fsp3) is 0.381. The first kappa shape index (κ1) is 20.3. The van der Waals surface area contributed by atoms with Gasteiger partial charge in [0.15, 0.2) is 6.33 Å². The van der Waals surface area contributed by atoms with Crippen LogP contribution in [0.4, 0.5) is 8.78 Å². The first-order valence-corrected chi connectivity index (χ1v) is 12.0. The molecule has 29 heavy (non-hydrogen) atoms. The summed E-state index contributed by atoms with van der Waals surface area (Å²) in [4.78, 5) is 0. The van der Waals surface area contributed by atoms with E-state index in [1.165, 1.54) is 24.3 Å². The van der Waals surface area contributed by atoms with Crippen LogP contribution < -0.4 is 4.33 Å². The molecule has 0 aliphatic heterocycles. The van der Waals surface area contributed by atoms with Gasteiger partial charge < -0.3 is 0 Å². The van der Waals surface area contributed by atoms with Gasteiger partial charge in [-0.2, -0.15) is 16.8 Å². The summed E-state index contributed by atoms with van der Waals surface area (Å²) in [7, 11) is -1.58. The zero-order valence-corrected chi connectivity index (χ0v) is 19.4.